The Bertz CT molecular complexity index is 491. The molecule has 6 heteroatoms. The summed E-state index contributed by atoms with van der Waals surface area (Å²) < 4.78 is 0. The zero-order valence-corrected chi connectivity index (χ0v) is 12.5. The van der Waals surface area contributed by atoms with Crippen LogP contribution >= 0.6 is 11.6 Å². The summed E-state index contributed by atoms with van der Waals surface area (Å²) in [7, 11) is 1.52. The Balaban J connectivity index is 2.87. The number of rotatable bonds is 6. The first-order valence-corrected chi connectivity index (χ1v) is 6.93. The first-order chi connectivity index (χ1) is 9.53. The van der Waals surface area contributed by atoms with Gasteiger partial charge in [0.15, 0.2) is 0 Å². The largest absolute Gasteiger partial charge is 0.355 e. The van der Waals surface area contributed by atoms with Gasteiger partial charge >= 0.3 is 0 Å². The topological polar surface area (TPSA) is 84.2 Å². The Morgan fingerprint density at radius 1 is 1.40 bits per heavy atom. The summed E-state index contributed by atoms with van der Waals surface area (Å²) in [5.74, 6) is -0.659. The van der Waals surface area contributed by atoms with Crippen LogP contribution in [0.4, 0.5) is 5.69 Å². The normalized spacial score (nSPS) is 11.8. The van der Waals surface area contributed by atoms with Crippen LogP contribution in [0.2, 0.25) is 5.02 Å². The molecule has 1 aromatic rings. The minimum Gasteiger partial charge on any atom is -0.355 e. The van der Waals surface area contributed by atoms with E-state index in [1.807, 2.05) is 6.92 Å². The molecule has 110 valence electrons. The van der Waals surface area contributed by atoms with E-state index >= 15 is 0 Å². The number of carbonyl (C=O) groups is 2. The summed E-state index contributed by atoms with van der Waals surface area (Å²) in [6.45, 7) is 2.30. The molecule has 0 aliphatic carbocycles. The van der Waals surface area contributed by atoms with Crippen molar-refractivity contribution in [2.24, 2.45) is 11.7 Å². The number of nitrogens with two attached hydrogens (primary N) is 1. The van der Waals surface area contributed by atoms with Crippen LogP contribution in [0.25, 0.3) is 0 Å². The summed E-state index contributed by atoms with van der Waals surface area (Å²) in [5, 5.41) is 5.61. The van der Waals surface area contributed by atoms with Crippen molar-refractivity contribution in [3.8, 4) is 0 Å². The summed E-state index contributed by atoms with van der Waals surface area (Å²) in [4.78, 5) is 23.7. The van der Waals surface area contributed by atoms with Gasteiger partial charge in [0.2, 0.25) is 5.91 Å². The number of halogens is 1. The van der Waals surface area contributed by atoms with E-state index in [2.05, 4.69) is 10.6 Å². The van der Waals surface area contributed by atoms with Crippen LogP contribution in [-0.2, 0) is 4.79 Å². The van der Waals surface area contributed by atoms with Gasteiger partial charge in [-0.2, -0.15) is 0 Å². The smallest absolute Gasteiger partial charge is 0.252 e. The second kappa shape index (κ2) is 7.87. The van der Waals surface area contributed by atoms with Gasteiger partial charge in [0.1, 0.15) is 0 Å². The van der Waals surface area contributed by atoms with E-state index in [4.69, 9.17) is 17.3 Å². The SMILES string of the molecule is CCCC(CN)C(=O)Nc1ccc(Cl)c(C(=O)NC)c1. The van der Waals surface area contributed by atoms with Crippen molar-refractivity contribution in [1.82, 2.24) is 5.32 Å². The highest BCUT2D eigenvalue weighted by molar-refractivity contribution is 6.34. The highest BCUT2D eigenvalue weighted by atomic mass is 35.5. The molecular weight excluding hydrogens is 278 g/mol. The number of amides is 2. The molecule has 1 aromatic carbocycles. The van der Waals surface area contributed by atoms with Gasteiger partial charge in [0.25, 0.3) is 5.91 Å². The molecule has 20 heavy (non-hydrogen) atoms. The van der Waals surface area contributed by atoms with Crippen molar-refractivity contribution in [2.45, 2.75) is 19.8 Å². The molecule has 1 atom stereocenters. The molecule has 0 spiro atoms. The first-order valence-electron chi connectivity index (χ1n) is 6.56. The molecule has 0 saturated heterocycles. The van der Waals surface area contributed by atoms with Crippen molar-refractivity contribution < 1.29 is 9.59 Å². The van der Waals surface area contributed by atoms with Gasteiger partial charge in [-0.25, -0.2) is 0 Å². The van der Waals surface area contributed by atoms with Gasteiger partial charge < -0.3 is 16.4 Å². The van der Waals surface area contributed by atoms with E-state index in [1.165, 1.54) is 7.05 Å². The van der Waals surface area contributed by atoms with E-state index < -0.39 is 0 Å². The fourth-order valence-electron chi connectivity index (χ4n) is 1.86. The lowest BCUT2D eigenvalue weighted by atomic mass is 10.0. The molecule has 0 fully saturated rings. The van der Waals surface area contributed by atoms with E-state index in [0.29, 0.717) is 22.8 Å². The molecule has 0 aliphatic heterocycles. The van der Waals surface area contributed by atoms with Gasteiger partial charge in [-0.3, -0.25) is 9.59 Å². The summed E-state index contributed by atoms with van der Waals surface area (Å²) in [6, 6.07) is 4.80. The van der Waals surface area contributed by atoms with Crippen molar-refractivity contribution in [2.75, 3.05) is 18.9 Å². The molecule has 0 bridgehead atoms. The number of benzene rings is 1. The predicted molar refractivity (Wildman–Crippen MR) is 80.9 cm³/mol. The molecule has 0 radical (unpaired) electrons. The lowest BCUT2D eigenvalue weighted by molar-refractivity contribution is -0.119. The maximum atomic E-state index is 12.0. The number of nitrogens with one attached hydrogen (secondary N) is 2. The summed E-state index contributed by atoms with van der Waals surface area (Å²) in [6.07, 6.45) is 1.62. The van der Waals surface area contributed by atoms with Crippen molar-refractivity contribution >= 4 is 29.1 Å². The van der Waals surface area contributed by atoms with Crippen molar-refractivity contribution in [3.05, 3.63) is 28.8 Å². The first kappa shape index (κ1) is 16.5. The third-order valence-corrected chi connectivity index (χ3v) is 3.33. The molecule has 1 unspecified atom stereocenters. The zero-order valence-electron chi connectivity index (χ0n) is 11.7. The van der Waals surface area contributed by atoms with Crippen LogP contribution in [-0.4, -0.2) is 25.4 Å². The van der Waals surface area contributed by atoms with Gasteiger partial charge in [-0.1, -0.05) is 24.9 Å². The lowest BCUT2D eigenvalue weighted by Gasteiger charge is -2.14. The minimum atomic E-state index is -0.296. The average Bonchev–Trinajstić information content (AvgIpc) is 2.45. The van der Waals surface area contributed by atoms with Gasteiger partial charge in [-0.05, 0) is 24.6 Å². The Hall–Kier alpha value is -1.59. The lowest BCUT2D eigenvalue weighted by Crippen LogP contribution is -2.29. The van der Waals surface area contributed by atoms with E-state index in [1.54, 1.807) is 18.2 Å². The van der Waals surface area contributed by atoms with E-state index in [9.17, 15) is 9.59 Å². The van der Waals surface area contributed by atoms with Gasteiger partial charge in [0, 0.05) is 19.3 Å². The quantitative estimate of drug-likeness (QED) is 0.751. The molecule has 0 aromatic heterocycles. The fourth-order valence-corrected chi connectivity index (χ4v) is 2.06. The third-order valence-electron chi connectivity index (χ3n) is 3.00. The van der Waals surface area contributed by atoms with E-state index in [-0.39, 0.29) is 17.7 Å². The maximum absolute atomic E-state index is 12.0. The second-order valence-electron chi connectivity index (χ2n) is 4.48. The molecule has 0 heterocycles. The Labute approximate surface area is 123 Å². The van der Waals surface area contributed by atoms with Crippen LogP contribution in [0.3, 0.4) is 0 Å². The highest BCUT2D eigenvalue weighted by Crippen LogP contribution is 2.21. The number of hydrogen-bond acceptors (Lipinski definition) is 3. The third kappa shape index (κ3) is 4.21. The van der Waals surface area contributed by atoms with Crippen LogP contribution in [0, 0.1) is 5.92 Å². The monoisotopic (exact) mass is 297 g/mol. The Kier molecular flexibility index (Phi) is 6.48. The van der Waals surface area contributed by atoms with Crippen molar-refractivity contribution in [1.29, 1.82) is 0 Å². The molecule has 2 amide bonds. The number of carbonyl (C=O) groups excluding carboxylic acids is 2. The molecule has 0 saturated carbocycles. The maximum Gasteiger partial charge on any atom is 0.252 e. The Morgan fingerprint density at radius 2 is 2.10 bits per heavy atom. The molecule has 4 N–H and O–H groups in total. The van der Waals surface area contributed by atoms with Crippen LogP contribution in [0.15, 0.2) is 18.2 Å². The molecule has 5 nitrogen and oxygen atoms in total. The highest BCUT2D eigenvalue weighted by Gasteiger charge is 2.17. The summed E-state index contributed by atoms with van der Waals surface area (Å²) >= 11 is 5.95. The molecule has 1 rings (SSSR count). The molecular formula is C14H20ClN3O2. The van der Waals surface area contributed by atoms with Crippen LogP contribution < -0.4 is 16.4 Å². The fraction of sp³-hybridized carbons (Fsp3) is 0.429. The molecule has 0 aliphatic rings. The predicted octanol–water partition coefficient (Wildman–Crippen LogP) is 2.01. The Morgan fingerprint density at radius 3 is 2.65 bits per heavy atom. The van der Waals surface area contributed by atoms with E-state index in [0.717, 1.165) is 12.8 Å². The minimum absolute atomic E-state index is 0.139. The van der Waals surface area contributed by atoms with Crippen molar-refractivity contribution in [3.63, 3.8) is 0 Å². The van der Waals surface area contributed by atoms with Gasteiger partial charge in [-0.15, -0.1) is 0 Å². The summed E-state index contributed by atoms with van der Waals surface area (Å²) in [5.41, 5.74) is 6.45. The van der Waals surface area contributed by atoms with Gasteiger partial charge in [0.05, 0.1) is 16.5 Å². The average molecular weight is 298 g/mol. The number of hydrogen-bond donors (Lipinski definition) is 3. The second-order valence-corrected chi connectivity index (χ2v) is 4.89. The zero-order chi connectivity index (χ0) is 15.1. The van der Waals surface area contributed by atoms with Crippen LogP contribution in [0.5, 0.6) is 0 Å². The standard InChI is InChI=1S/C14H20ClN3O2/c1-3-4-9(8-16)13(19)18-10-5-6-12(15)11(7-10)14(20)17-2/h5-7,9H,3-4,8,16H2,1-2H3,(H,17,20)(H,18,19). The number of anilines is 1. The van der Waals surface area contributed by atoms with Crippen LogP contribution in [0.1, 0.15) is 30.1 Å².